The summed E-state index contributed by atoms with van der Waals surface area (Å²) in [6, 6.07) is 0. The number of hydrogen-bond donors (Lipinski definition) is 6. The molecule has 4 saturated carbocycles. The van der Waals surface area contributed by atoms with E-state index in [2.05, 4.69) is 0 Å². The fourth-order valence-corrected chi connectivity index (χ4v) is 9.74. The lowest BCUT2D eigenvalue weighted by atomic mass is 9.41. The van der Waals surface area contributed by atoms with Gasteiger partial charge in [-0.25, -0.2) is 4.79 Å². The molecule has 6 N–H and O–H groups in total. The van der Waals surface area contributed by atoms with Crippen molar-refractivity contribution in [1.82, 2.24) is 0 Å². The van der Waals surface area contributed by atoms with Gasteiger partial charge in [-0.1, -0.05) is 6.92 Å². The number of carbonyl (C=O) groups is 2. The van der Waals surface area contributed by atoms with Crippen LogP contribution in [0.2, 0.25) is 0 Å². The highest BCUT2D eigenvalue weighted by Gasteiger charge is 2.74. The molecule has 1 saturated heterocycles. The lowest BCUT2D eigenvalue weighted by Crippen LogP contribution is -2.71. The summed E-state index contributed by atoms with van der Waals surface area (Å²) in [7, 11) is 0. The summed E-state index contributed by atoms with van der Waals surface area (Å²) >= 11 is 0. The number of esters is 1. The van der Waals surface area contributed by atoms with E-state index in [0.29, 0.717) is 25.7 Å². The number of aldehydes is 1. The molecule has 0 aromatic heterocycles. The van der Waals surface area contributed by atoms with E-state index in [-0.39, 0.29) is 44.1 Å². The molecule has 40 heavy (non-hydrogen) atoms. The Morgan fingerprint density at radius 2 is 1.75 bits per heavy atom. The number of ether oxygens (including phenoxy) is 3. The van der Waals surface area contributed by atoms with E-state index in [1.165, 1.54) is 6.08 Å². The molecule has 2 aliphatic heterocycles. The number of fused-ring (bicyclic) bond motifs is 5. The molecule has 11 nitrogen and oxygen atoms in total. The Hall–Kier alpha value is -1.44. The maximum absolute atomic E-state index is 13.0. The predicted octanol–water partition coefficient (Wildman–Crippen LogP) is -0.279. The van der Waals surface area contributed by atoms with Gasteiger partial charge in [0.2, 0.25) is 0 Å². The van der Waals surface area contributed by atoms with Crippen LogP contribution >= 0.6 is 0 Å². The molecule has 224 valence electrons. The van der Waals surface area contributed by atoms with Crippen LogP contribution < -0.4 is 0 Å². The molecule has 0 radical (unpaired) electrons. The van der Waals surface area contributed by atoms with Gasteiger partial charge >= 0.3 is 5.97 Å². The van der Waals surface area contributed by atoms with Crippen LogP contribution in [0.25, 0.3) is 0 Å². The molecule has 0 aromatic carbocycles. The highest BCUT2D eigenvalue weighted by molar-refractivity contribution is 5.85. The van der Waals surface area contributed by atoms with Gasteiger partial charge in [-0.15, -0.1) is 0 Å². The zero-order chi connectivity index (χ0) is 28.8. The Morgan fingerprint density at radius 3 is 2.42 bits per heavy atom. The predicted molar refractivity (Wildman–Crippen MR) is 136 cm³/mol. The van der Waals surface area contributed by atoms with Crippen LogP contribution in [0.15, 0.2) is 11.6 Å². The van der Waals surface area contributed by atoms with Crippen molar-refractivity contribution in [2.75, 3.05) is 6.61 Å². The standard InChI is InChI=1S/C29H42O11/c1-14-22(33)23(34)24(35)25(39-14)40-16-3-6-27(13-30)19-10-20(31)26(2)17(15-9-21(32)38-12-15)5-8-29(26,37)18(19)4-7-28(27,36)11-16/h9,13-14,16-20,22-25,31,33-37H,3-8,10-12H2,1-2H3/t14-,16+,17+,18+,19-,20-,22+,23-,24-,25+,26+,27+,28+,29+/m1/s1. The lowest BCUT2D eigenvalue weighted by Gasteiger charge is -2.66. The molecular weight excluding hydrogens is 524 g/mol. The number of cyclic esters (lactones) is 1. The summed E-state index contributed by atoms with van der Waals surface area (Å²) in [6.07, 6.45) is -2.70. The third-order valence-electron chi connectivity index (χ3n) is 12.1. The van der Waals surface area contributed by atoms with Crippen molar-refractivity contribution in [1.29, 1.82) is 0 Å². The summed E-state index contributed by atoms with van der Waals surface area (Å²) in [5, 5.41) is 66.7. The van der Waals surface area contributed by atoms with Gasteiger partial charge in [0.25, 0.3) is 0 Å². The summed E-state index contributed by atoms with van der Waals surface area (Å²) in [5.74, 6) is -1.42. The molecule has 0 bridgehead atoms. The van der Waals surface area contributed by atoms with E-state index in [1.54, 1.807) is 6.92 Å². The summed E-state index contributed by atoms with van der Waals surface area (Å²) in [4.78, 5) is 24.8. The third-order valence-corrected chi connectivity index (χ3v) is 12.1. The van der Waals surface area contributed by atoms with Crippen molar-refractivity contribution >= 4 is 12.3 Å². The number of aliphatic hydroxyl groups is 6. The Bertz CT molecular complexity index is 1080. The SMILES string of the molecule is C[C@H]1O[C@@H](O[C@H]2CC[C@]3(C=O)[C@@H]4C[C@@H](O)[C@]5(C)[C@H](C6=CC(=O)OC6)CC[C@]5(O)[C@H]4CC[C@]3(O)C2)[C@H](O)[C@H](O)[C@H]1O. The Morgan fingerprint density at radius 1 is 1.00 bits per heavy atom. The van der Waals surface area contributed by atoms with E-state index in [9.17, 15) is 40.2 Å². The first kappa shape index (κ1) is 28.7. The number of rotatable bonds is 4. The molecule has 0 spiro atoms. The second-order valence-electron chi connectivity index (χ2n) is 13.5. The molecule has 0 amide bonds. The molecule has 11 heteroatoms. The van der Waals surface area contributed by atoms with Crippen molar-refractivity contribution in [3.8, 4) is 0 Å². The highest BCUT2D eigenvalue weighted by atomic mass is 16.7. The quantitative estimate of drug-likeness (QED) is 0.149. The van der Waals surface area contributed by atoms with Gasteiger partial charge in [-0.2, -0.15) is 0 Å². The first-order valence-corrected chi connectivity index (χ1v) is 14.6. The second-order valence-corrected chi connectivity index (χ2v) is 13.5. The molecular formula is C29H42O11. The van der Waals surface area contributed by atoms with Crippen molar-refractivity contribution in [3.63, 3.8) is 0 Å². The molecule has 6 rings (SSSR count). The van der Waals surface area contributed by atoms with Gasteiger partial charge in [0.1, 0.15) is 31.2 Å². The molecule has 0 unspecified atom stereocenters. The van der Waals surface area contributed by atoms with Crippen molar-refractivity contribution in [3.05, 3.63) is 11.6 Å². The maximum Gasteiger partial charge on any atom is 0.331 e. The van der Waals surface area contributed by atoms with Gasteiger partial charge in [0.15, 0.2) is 6.29 Å². The fraction of sp³-hybridized carbons (Fsp3) is 0.862. The van der Waals surface area contributed by atoms with E-state index in [4.69, 9.17) is 14.2 Å². The summed E-state index contributed by atoms with van der Waals surface area (Å²) in [5.41, 5.74) is -4.09. The first-order chi connectivity index (χ1) is 18.8. The average Bonchev–Trinajstić information content (AvgIpc) is 3.46. The topological polar surface area (TPSA) is 183 Å². The van der Waals surface area contributed by atoms with Crippen LogP contribution in [0, 0.1) is 28.6 Å². The zero-order valence-electron chi connectivity index (χ0n) is 23.0. The van der Waals surface area contributed by atoms with Gasteiger partial charge < -0.3 is 49.6 Å². The minimum absolute atomic E-state index is 0.0926. The monoisotopic (exact) mass is 566 g/mol. The number of aliphatic hydroxyl groups excluding tert-OH is 4. The average molecular weight is 567 g/mol. The smallest absolute Gasteiger partial charge is 0.331 e. The molecule has 5 fully saturated rings. The third kappa shape index (κ3) is 3.71. The molecule has 0 aromatic rings. The van der Waals surface area contributed by atoms with Crippen LogP contribution in [-0.4, -0.2) is 104 Å². The maximum atomic E-state index is 13.0. The van der Waals surface area contributed by atoms with Crippen LogP contribution in [0.4, 0.5) is 0 Å². The van der Waals surface area contributed by atoms with Crippen LogP contribution in [0.3, 0.4) is 0 Å². The van der Waals surface area contributed by atoms with Crippen molar-refractivity contribution in [2.24, 2.45) is 28.6 Å². The molecule has 4 aliphatic carbocycles. The highest BCUT2D eigenvalue weighted by Crippen LogP contribution is 2.70. The molecule has 6 aliphatic rings. The van der Waals surface area contributed by atoms with Gasteiger partial charge in [0, 0.05) is 17.9 Å². The van der Waals surface area contributed by atoms with Crippen LogP contribution in [0.1, 0.15) is 65.2 Å². The number of carbonyl (C=O) groups excluding carboxylic acids is 2. The molecule has 2 heterocycles. The summed E-state index contributed by atoms with van der Waals surface area (Å²) < 4.78 is 16.8. The van der Waals surface area contributed by atoms with Gasteiger partial charge in [0.05, 0.1) is 34.9 Å². The Kier molecular flexibility index (Phi) is 6.83. The first-order valence-electron chi connectivity index (χ1n) is 14.6. The lowest BCUT2D eigenvalue weighted by molar-refractivity contribution is -0.319. The number of hydrogen-bond acceptors (Lipinski definition) is 11. The Balaban J connectivity index is 1.25. The van der Waals surface area contributed by atoms with Gasteiger partial charge in [-0.05, 0) is 75.2 Å². The van der Waals surface area contributed by atoms with E-state index in [0.717, 1.165) is 11.9 Å². The zero-order valence-corrected chi connectivity index (χ0v) is 23.0. The van der Waals surface area contributed by atoms with Crippen LogP contribution in [-0.2, 0) is 23.8 Å². The minimum atomic E-state index is -1.47. The summed E-state index contributed by atoms with van der Waals surface area (Å²) in [6.45, 7) is 3.61. The normalized spacial score (nSPS) is 56.0. The van der Waals surface area contributed by atoms with E-state index < -0.39 is 76.8 Å². The van der Waals surface area contributed by atoms with Crippen LogP contribution in [0.5, 0.6) is 0 Å². The minimum Gasteiger partial charge on any atom is -0.458 e. The molecule has 14 atom stereocenters. The van der Waals surface area contributed by atoms with Crippen molar-refractivity contribution < 1.29 is 54.4 Å². The van der Waals surface area contributed by atoms with E-state index >= 15 is 0 Å². The fourth-order valence-electron chi connectivity index (χ4n) is 9.74. The van der Waals surface area contributed by atoms with Crippen molar-refractivity contribution in [2.45, 2.75) is 119 Å². The Labute approximate surface area is 233 Å². The van der Waals surface area contributed by atoms with Gasteiger partial charge in [-0.3, -0.25) is 0 Å². The second kappa shape index (κ2) is 9.54. The van der Waals surface area contributed by atoms with E-state index in [1.807, 2.05) is 6.92 Å². The largest absolute Gasteiger partial charge is 0.458 e.